The standard InChI is InChI=1S/C21H36N4O3.HI/c1-22-20(23-16-21(24(2)3)10-13-28-14-11-21)25(4)12-9-17-7-8-18(26-5)19(15-17)27-6;/h7-8,15H,9-14,16H2,1-6H3,(H,22,23);1H. The molecule has 0 saturated carbocycles. The number of halogens is 1. The fourth-order valence-corrected chi connectivity index (χ4v) is 3.60. The molecule has 1 aliphatic rings. The highest BCUT2D eigenvalue weighted by Crippen LogP contribution is 2.28. The smallest absolute Gasteiger partial charge is 0.193 e. The van der Waals surface area contributed by atoms with E-state index in [2.05, 4.69) is 47.3 Å². The number of benzene rings is 1. The van der Waals surface area contributed by atoms with E-state index in [9.17, 15) is 0 Å². The summed E-state index contributed by atoms with van der Waals surface area (Å²) in [7, 11) is 11.5. The van der Waals surface area contributed by atoms with Gasteiger partial charge in [0.25, 0.3) is 0 Å². The second-order valence-corrected chi connectivity index (χ2v) is 7.49. The Morgan fingerprint density at radius 3 is 2.34 bits per heavy atom. The first-order valence-corrected chi connectivity index (χ1v) is 9.83. The Morgan fingerprint density at radius 1 is 1.14 bits per heavy atom. The van der Waals surface area contributed by atoms with E-state index in [0.717, 1.165) is 63.0 Å². The zero-order valence-corrected chi connectivity index (χ0v) is 21.0. The summed E-state index contributed by atoms with van der Waals surface area (Å²) in [6.07, 6.45) is 2.95. The highest BCUT2D eigenvalue weighted by molar-refractivity contribution is 14.0. The monoisotopic (exact) mass is 520 g/mol. The van der Waals surface area contributed by atoms with Gasteiger partial charge in [-0.2, -0.15) is 0 Å². The lowest BCUT2D eigenvalue weighted by Crippen LogP contribution is -2.57. The number of rotatable bonds is 8. The fourth-order valence-electron chi connectivity index (χ4n) is 3.60. The molecule has 7 nitrogen and oxygen atoms in total. The molecule has 1 aromatic carbocycles. The Kier molecular flexibility index (Phi) is 11.1. The van der Waals surface area contributed by atoms with Gasteiger partial charge in [-0.25, -0.2) is 0 Å². The summed E-state index contributed by atoms with van der Waals surface area (Å²) in [6.45, 7) is 3.34. The molecule has 8 heteroatoms. The van der Waals surface area contributed by atoms with Crippen LogP contribution in [-0.2, 0) is 11.2 Å². The van der Waals surface area contributed by atoms with Gasteiger partial charge in [-0.05, 0) is 51.1 Å². The first-order chi connectivity index (χ1) is 13.5. The summed E-state index contributed by atoms with van der Waals surface area (Å²) in [4.78, 5) is 8.96. The first kappa shape index (κ1) is 25.8. The third-order valence-electron chi connectivity index (χ3n) is 5.70. The van der Waals surface area contributed by atoms with Crippen LogP contribution in [0.1, 0.15) is 18.4 Å². The molecule has 0 bridgehead atoms. The van der Waals surface area contributed by atoms with Gasteiger partial charge in [-0.1, -0.05) is 6.07 Å². The number of hydrogen-bond acceptors (Lipinski definition) is 5. The van der Waals surface area contributed by atoms with E-state index in [-0.39, 0.29) is 29.5 Å². The third kappa shape index (κ3) is 6.89. The maximum absolute atomic E-state index is 5.56. The van der Waals surface area contributed by atoms with Crippen LogP contribution < -0.4 is 14.8 Å². The normalized spacial score (nSPS) is 16.2. The van der Waals surface area contributed by atoms with E-state index in [1.807, 2.05) is 19.2 Å². The average Bonchev–Trinajstić information content (AvgIpc) is 2.72. The number of nitrogens with one attached hydrogen (secondary N) is 1. The maximum atomic E-state index is 5.56. The van der Waals surface area contributed by atoms with E-state index in [1.54, 1.807) is 14.2 Å². The topological polar surface area (TPSA) is 58.6 Å². The molecule has 0 atom stereocenters. The van der Waals surface area contributed by atoms with Crippen molar-refractivity contribution >= 4 is 29.9 Å². The zero-order chi connectivity index (χ0) is 20.6. The minimum absolute atomic E-state index is 0. The molecule has 0 aliphatic carbocycles. The zero-order valence-electron chi connectivity index (χ0n) is 18.7. The number of likely N-dealkylation sites (N-methyl/N-ethyl adjacent to an activating group) is 2. The summed E-state index contributed by atoms with van der Waals surface area (Å²) >= 11 is 0. The minimum Gasteiger partial charge on any atom is -0.493 e. The Labute approximate surface area is 192 Å². The number of nitrogens with zero attached hydrogens (tertiary/aromatic N) is 3. The second kappa shape index (κ2) is 12.4. The maximum Gasteiger partial charge on any atom is 0.193 e. The van der Waals surface area contributed by atoms with E-state index in [0.29, 0.717) is 0 Å². The van der Waals surface area contributed by atoms with Crippen LogP contribution in [0.2, 0.25) is 0 Å². The van der Waals surface area contributed by atoms with Gasteiger partial charge in [0.2, 0.25) is 0 Å². The van der Waals surface area contributed by atoms with Crippen molar-refractivity contribution in [2.24, 2.45) is 4.99 Å². The molecule has 1 fully saturated rings. The molecule has 1 saturated heterocycles. The molecule has 0 amide bonds. The van der Waals surface area contributed by atoms with Crippen LogP contribution in [0.25, 0.3) is 0 Å². The summed E-state index contributed by atoms with van der Waals surface area (Å²) in [5.41, 5.74) is 1.31. The summed E-state index contributed by atoms with van der Waals surface area (Å²) in [5.74, 6) is 2.42. The van der Waals surface area contributed by atoms with Crippen molar-refractivity contribution in [3.63, 3.8) is 0 Å². The highest BCUT2D eigenvalue weighted by atomic mass is 127. The average molecular weight is 520 g/mol. The number of methoxy groups -OCH3 is 2. The predicted octanol–water partition coefficient (Wildman–Crippen LogP) is 2.48. The minimum atomic E-state index is 0. The predicted molar refractivity (Wildman–Crippen MR) is 129 cm³/mol. The van der Waals surface area contributed by atoms with Crippen molar-refractivity contribution in [2.75, 3.05) is 68.7 Å². The molecule has 29 heavy (non-hydrogen) atoms. The molecular formula is C21H37IN4O3. The SMILES string of the molecule is CN=C(NCC1(N(C)C)CCOCC1)N(C)CCc1ccc(OC)c(OC)c1.I. The lowest BCUT2D eigenvalue weighted by atomic mass is 9.88. The summed E-state index contributed by atoms with van der Waals surface area (Å²) in [6, 6.07) is 6.06. The van der Waals surface area contributed by atoms with Gasteiger partial charge in [0.1, 0.15) is 0 Å². The fraction of sp³-hybridized carbons (Fsp3) is 0.667. The molecule has 1 N–H and O–H groups in total. The summed E-state index contributed by atoms with van der Waals surface area (Å²) in [5, 5.41) is 3.57. The molecule has 1 aromatic rings. The Morgan fingerprint density at radius 2 is 1.79 bits per heavy atom. The van der Waals surface area contributed by atoms with Crippen molar-refractivity contribution < 1.29 is 14.2 Å². The lowest BCUT2D eigenvalue weighted by molar-refractivity contribution is -0.00521. The molecule has 1 aliphatic heterocycles. The van der Waals surface area contributed by atoms with Gasteiger partial charge in [-0.15, -0.1) is 24.0 Å². The van der Waals surface area contributed by atoms with Crippen LogP contribution >= 0.6 is 24.0 Å². The second-order valence-electron chi connectivity index (χ2n) is 7.49. The van der Waals surface area contributed by atoms with E-state index >= 15 is 0 Å². The van der Waals surface area contributed by atoms with Gasteiger partial charge >= 0.3 is 0 Å². The number of guanidine groups is 1. The van der Waals surface area contributed by atoms with Gasteiger partial charge in [-0.3, -0.25) is 4.99 Å². The Bertz CT molecular complexity index is 649. The van der Waals surface area contributed by atoms with Gasteiger partial charge in [0, 0.05) is 45.9 Å². The number of hydrogen-bond donors (Lipinski definition) is 1. The van der Waals surface area contributed by atoms with Crippen molar-refractivity contribution in [1.29, 1.82) is 0 Å². The van der Waals surface area contributed by atoms with E-state index in [4.69, 9.17) is 14.2 Å². The molecule has 166 valence electrons. The van der Waals surface area contributed by atoms with Crippen molar-refractivity contribution in [3.8, 4) is 11.5 Å². The van der Waals surface area contributed by atoms with Crippen LogP contribution in [0.3, 0.4) is 0 Å². The van der Waals surface area contributed by atoms with E-state index < -0.39 is 0 Å². The van der Waals surface area contributed by atoms with Crippen molar-refractivity contribution in [2.45, 2.75) is 24.8 Å². The largest absolute Gasteiger partial charge is 0.493 e. The highest BCUT2D eigenvalue weighted by Gasteiger charge is 2.35. The molecular weight excluding hydrogens is 483 g/mol. The third-order valence-corrected chi connectivity index (χ3v) is 5.70. The van der Waals surface area contributed by atoms with Gasteiger partial charge < -0.3 is 29.3 Å². The number of aliphatic imine (C=N–C) groups is 1. The van der Waals surface area contributed by atoms with Crippen LogP contribution in [0.4, 0.5) is 0 Å². The quantitative estimate of drug-likeness (QED) is 0.323. The molecule has 1 heterocycles. The van der Waals surface area contributed by atoms with Crippen molar-refractivity contribution in [1.82, 2.24) is 15.1 Å². The molecule has 2 rings (SSSR count). The van der Waals surface area contributed by atoms with Crippen molar-refractivity contribution in [3.05, 3.63) is 23.8 Å². The molecule has 0 radical (unpaired) electrons. The van der Waals surface area contributed by atoms with E-state index in [1.165, 1.54) is 5.56 Å². The Balaban J connectivity index is 0.00000420. The summed E-state index contributed by atoms with van der Waals surface area (Å²) < 4.78 is 16.3. The number of ether oxygens (including phenoxy) is 3. The molecule has 0 unspecified atom stereocenters. The van der Waals surface area contributed by atoms with Gasteiger partial charge in [0.15, 0.2) is 17.5 Å². The van der Waals surface area contributed by atoms with Gasteiger partial charge in [0.05, 0.1) is 14.2 Å². The Hall–Kier alpha value is -1.26. The van der Waals surface area contributed by atoms with Crippen LogP contribution in [0, 0.1) is 0 Å². The molecule has 0 spiro atoms. The van der Waals surface area contributed by atoms with Crippen LogP contribution in [0.15, 0.2) is 23.2 Å². The lowest BCUT2D eigenvalue weighted by Gasteiger charge is -2.43. The molecule has 0 aromatic heterocycles. The first-order valence-electron chi connectivity index (χ1n) is 9.83. The van der Waals surface area contributed by atoms with Crippen LogP contribution in [0.5, 0.6) is 11.5 Å². The van der Waals surface area contributed by atoms with Crippen LogP contribution in [-0.4, -0.2) is 90.0 Å².